The summed E-state index contributed by atoms with van der Waals surface area (Å²) in [7, 11) is 0. The highest BCUT2D eigenvalue weighted by Gasteiger charge is 2.13. The van der Waals surface area contributed by atoms with Crippen LogP contribution in [0.4, 0.5) is 0 Å². The molecule has 0 fully saturated rings. The molecule has 108 valence electrons. The molecule has 0 aliphatic heterocycles. The van der Waals surface area contributed by atoms with Gasteiger partial charge in [-0.3, -0.25) is 0 Å². The molecule has 21 heavy (non-hydrogen) atoms. The molecule has 3 heteroatoms. The Morgan fingerprint density at radius 1 is 1.10 bits per heavy atom. The summed E-state index contributed by atoms with van der Waals surface area (Å²) < 4.78 is 1.37. The summed E-state index contributed by atoms with van der Waals surface area (Å²) >= 11 is 7.80. The zero-order valence-corrected chi connectivity index (χ0v) is 13.8. The molecule has 0 amide bonds. The molecule has 0 radical (unpaired) electrons. The van der Waals surface area contributed by atoms with E-state index in [0.29, 0.717) is 6.04 Å². The standard InChI is InChI=1S/C18H18ClNS/c1-12-16-5-3-4-6-17(16)21-18(12)13(2)20-11-14-7-9-15(19)10-8-14/h3-10,13,20H,11H2,1-2H3. The fourth-order valence-corrected chi connectivity index (χ4v) is 3.94. The van der Waals surface area contributed by atoms with Crippen LogP contribution in [0.25, 0.3) is 10.1 Å². The molecule has 3 rings (SSSR count). The van der Waals surface area contributed by atoms with Crippen LogP contribution in [0.2, 0.25) is 5.02 Å². The molecule has 0 spiro atoms. The molecule has 1 aromatic heterocycles. The van der Waals surface area contributed by atoms with Gasteiger partial charge in [-0.15, -0.1) is 11.3 Å². The van der Waals surface area contributed by atoms with Gasteiger partial charge in [0, 0.05) is 27.2 Å². The van der Waals surface area contributed by atoms with Gasteiger partial charge in [-0.25, -0.2) is 0 Å². The largest absolute Gasteiger partial charge is 0.305 e. The van der Waals surface area contributed by atoms with Crippen molar-refractivity contribution in [3.05, 3.63) is 69.6 Å². The Morgan fingerprint density at radius 2 is 1.81 bits per heavy atom. The average molecular weight is 316 g/mol. The minimum absolute atomic E-state index is 0.345. The van der Waals surface area contributed by atoms with E-state index in [2.05, 4.69) is 55.6 Å². The second-order valence-corrected chi connectivity index (χ2v) is 6.84. The lowest BCUT2D eigenvalue weighted by atomic mass is 10.1. The monoisotopic (exact) mass is 315 g/mol. The van der Waals surface area contributed by atoms with Crippen molar-refractivity contribution in [2.45, 2.75) is 26.4 Å². The molecule has 1 atom stereocenters. The molecule has 0 aliphatic carbocycles. The number of rotatable bonds is 4. The predicted molar refractivity (Wildman–Crippen MR) is 93.3 cm³/mol. The number of thiophene rings is 1. The first-order valence-corrected chi connectivity index (χ1v) is 8.30. The minimum atomic E-state index is 0.345. The number of hydrogen-bond donors (Lipinski definition) is 1. The first-order chi connectivity index (χ1) is 10.1. The minimum Gasteiger partial charge on any atom is -0.305 e. The molecule has 1 heterocycles. The number of nitrogens with one attached hydrogen (secondary N) is 1. The van der Waals surface area contributed by atoms with E-state index in [1.807, 2.05) is 23.5 Å². The van der Waals surface area contributed by atoms with Crippen molar-refractivity contribution in [3.63, 3.8) is 0 Å². The van der Waals surface area contributed by atoms with Crippen molar-refractivity contribution in [3.8, 4) is 0 Å². The van der Waals surface area contributed by atoms with Crippen molar-refractivity contribution in [1.29, 1.82) is 0 Å². The Bertz CT molecular complexity index is 746. The fourth-order valence-electron chi connectivity index (χ4n) is 2.57. The van der Waals surface area contributed by atoms with Gasteiger partial charge in [-0.2, -0.15) is 0 Å². The van der Waals surface area contributed by atoms with Gasteiger partial charge in [-0.1, -0.05) is 41.9 Å². The highest BCUT2D eigenvalue weighted by atomic mass is 35.5. The van der Waals surface area contributed by atoms with E-state index in [-0.39, 0.29) is 0 Å². The highest BCUT2D eigenvalue weighted by Crippen LogP contribution is 2.34. The van der Waals surface area contributed by atoms with Crippen LogP contribution in [0.3, 0.4) is 0 Å². The first-order valence-electron chi connectivity index (χ1n) is 7.11. The molecule has 3 aromatic rings. The first kappa shape index (κ1) is 14.6. The number of hydrogen-bond acceptors (Lipinski definition) is 2. The maximum atomic E-state index is 5.92. The molecule has 1 unspecified atom stereocenters. The summed E-state index contributed by atoms with van der Waals surface area (Å²) in [6.07, 6.45) is 0. The topological polar surface area (TPSA) is 12.0 Å². The summed E-state index contributed by atoms with van der Waals surface area (Å²) in [6, 6.07) is 17.0. The van der Waals surface area contributed by atoms with Crippen molar-refractivity contribution < 1.29 is 0 Å². The van der Waals surface area contributed by atoms with E-state index >= 15 is 0 Å². The van der Waals surface area contributed by atoms with Crippen molar-refractivity contribution in [2.24, 2.45) is 0 Å². The third-order valence-electron chi connectivity index (χ3n) is 3.80. The van der Waals surface area contributed by atoms with Gasteiger partial charge in [0.2, 0.25) is 0 Å². The lowest BCUT2D eigenvalue weighted by Crippen LogP contribution is -2.17. The third-order valence-corrected chi connectivity index (χ3v) is 5.51. The summed E-state index contributed by atoms with van der Waals surface area (Å²) in [5.41, 5.74) is 2.65. The van der Waals surface area contributed by atoms with Gasteiger partial charge >= 0.3 is 0 Å². The van der Waals surface area contributed by atoms with E-state index in [1.54, 1.807) is 0 Å². The van der Waals surface area contributed by atoms with Crippen LogP contribution in [0.1, 0.15) is 29.0 Å². The lowest BCUT2D eigenvalue weighted by Gasteiger charge is -2.13. The normalized spacial score (nSPS) is 12.7. The third kappa shape index (κ3) is 3.13. The van der Waals surface area contributed by atoms with Crippen molar-refractivity contribution in [2.75, 3.05) is 0 Å². The Morgan fingerprint density at radius 3 is 2.52 bits per heavy atom. The summed E-state index contributed by atoms with van der Waals surface area (Å²) in [5, 5.41) is 5.76. The van der Waals surface area contributed by atoms with Gasteiger partial charge in [0.15, 0.2) is 0 Å². The molecular weight excluding hydrogens is 298 g/mol. The Hall–Kier alpha value is -1.35. The summed E-state index contributed by atoms with van der Waals surface area (Å²) in [5.74, 6) is 0. The van der Waals surface area contributed by atoms with Crippen molar-refractivity contribution in [1.82, 2.24) is 5.32 Å². The van der Waals surface area contributed by atoms with Gasteiger partial charge < -0.3 is 5.32 Å². The number of benzene rings is 2. The van der Waals surface area contributed by atoms with Gasteiger partial charge in [0.05, 0.1) is 0 Å². The maximum Gasteiger partial charge on any atom is 0.0406 e. The number of halogens is 1. The van der Waals surface area contributed by atoms with E-state index in [1.165, 1.54) is 26.1 Å². The van der Waals surface area contributed by atoms with Crippen LogP contribution in [-0.2, 0) is 6.54 Å². The molecule has 0 aliphatic rings. The Kier molecular flexibility index (Phi) is 4.29. The number of fused-ring (bicyclic) bond motifs is 1. The van der Waals surface area contributed by atoms with Gasteiger partial charge in [-0.05, 0) is 48.6 Å². The quantitative estimate of drug-likeness (QED) is 0.650. The number of aryl methyl sites for hydroxylation is 1. The predicted octanol–water partition coefficient (Wildman–Crippen LogP) is 5.71. The maximum absolute atomic E-state index is 5.92. The van der Waals surface area contributed by atoms with Crippen LogP contribution in [0.15, 0.2) is 48.5 Å². The van der Waals surface area contributed by atoms with Crippen LogP contribution in [0.5, 0.6) is 0 Å². The Labute approximate surface area is 134 Å². The zero-order valence-electron chi connectivity index (χ0n) is 12.2. The molecular formula is C18H18ClNS. The van der Waals surface area contributed by atoms with E-state index in [9.17, 15) is 0 Å². The van der Waals surface area contributed by atoms with Gasteiger partial charge in [0.1, 0.15) is 0 Å². The van der Waals surface area contributed by atoms with Crippen LogP contribution in [0, 0.1) is 6.92 Å². The molecule has 0 saturated carbocycles. The average Bonchev–Trinajstić information content (AvgIpc) is 2.84. The van der Waals surface area contributed by atoms with E-state index in [4.69, 9.17) is 11.6 Å². The van der Waals surface area contributed by atoms with Crippen molar-refractivity contribution >= 4 is 33.0 Å². The molecule has 1 N–H and O–H groups in total. The molecule has 0 saturated heterocycles. The second-order valence-electron chi connectivity index (χ2n) is 5.32. The highest BCUT2D eigenvalue weighted by molar-refractivity contribution is 7.19. The molecule has 1 nitrogen and oxygen atoms in total. The zero-order chi connectivity index (χ0) is 14.8. The van der Waals surface area contributed by atoms with Crippen LogP contribution < -0.4 is 5.32 Å². The Balaban J connectivity index is 1.76. The second kappa shape index (κ2) is 6.18. The van der Waals surface area contributed by atoms with Gasteiger partial charge in [0.25, 0.3) is 0 Å². The SMILES string of the molecule is Cc1c(C(C)NCc2ccc(Cl)cc2)sc2ccccc12. The molecule has 2 aromatic carbocycles. The van der Waals surface area contributed by atoms with Crippen LogP contribution >= 0.6 is 22.9 Å². The fraction of sp³-hybridized carbons (Fsp3) is 0.222. The van der Waals surface area contributed by atoms with E-state index in [0.717, 1.165) is 11.6 Å². The van der Waals surface area contributed by atoms with Crippen LogP contribution in [-0.4, -0.2) is 0 Å². The lowest BCUT2D eigenvalue weighted by molar-refractivity contribution is 0.581. The van der Waals surface area contributed by atoms with E-state index < -0.39 is 0 Å². The summed E-state index contributed by atoms with van der Waals surface area (Å²) in [6.45, 7) is 5.30. The smallest absolute Gasteiger partial charge is 0.0406 e. The molecule has 0 bridgehead atoms. The summed E-state index contributed by atoms with van der Waals surface area (Å²) in [4.78, 5) is 1.42.